The van der Waals surface area contributed by atoms with Crippen LogP contribution in [-0.2, 0) is 28.9 Å². The highest BCUT2D eigenvalue weighted by molar-refractivity contribution is 7.52. The summed E-state index contributed by atoms with van der Waals surface area (Å²) in [5.41, 5.74) is 0.983. The fraction of sp³-hybridized carbons (Fsp3) is 0.500. The monoisotopic (exact) mass is 576 g/mol. The van der Waals surface area contributed by atoms with Crippen LogP contribution in [-0.4, -0.2) is 62.1 Å². The van der Waals surface area contributed by atoms with Crippen LogP contribution in [0.5, 0.6) is 5.75 Å². The predicted octanol–water partition coefficient (Wildman–Crippen LogP) is 1.17. The summed E-state index contributed by atoms with van der Waals surface area (Å²) in [5, 5.41) is 24.0. The first-order valence-corrected chi connectivity index (χ1v) is 13.5. The van der Waals surface area contributed by atoms with Gasteiger partial charge in [0.05, 0.1) is 24.8 Å². The molecule has 0 bridgehead atoms. The van der Waals surface area contributed by atoms with Crippen molar-refractivity contribution in [3.8, 4) is 5.75 Å². The number of anilines is 1. The lowest BCUT2D eigenvalue weighted by molar-refractivity contribution is -0.155. The van der Waals surface area contributed by atoms with E-state index < -0.39 is 79.2 Å². The lowest BCUT2D eigenvalue weighted by Crippen LogP contribution is -2.52. The van der Waals surface area contributed by atoms with Gasteiger partial charge in [0.2, 0.25) is 0 Å². The van der Waals surface area contributed by atoms with Gasteiger partial charge in [0.1, 0.15) is 23.6 Å². The molecule has 6 atom stereocenters. The Morgan fingerprint density at radius 3 is 2.74 bits per heavy atom. The van der Waals surface area contributed by atoms with Gasteiger partial charge in [0.25, 0.3) is 0 Å². The van der Waals surface area contributed by atoms with E-state index in [1.165, 1.54) is 13.0 Å². The van der Waals surface area contributed by atoms with Crippen molar-refractivity contribution in [1.29, 1.82) is 0 Å². The van der Waals surface area contributed by atoms with Crippen molar-refractivity contribution in [2.45, 2.75) is 56.5 Å². The molecule has 1 aromatic heterocycles. The molecule has 3 heterocycles. The van der Waals surface area contributed by atoms with E-state index in [1.807, 2.05) is 0 Å². The van der Waals surface area contributed by atoms with E-state index in [9.17, 15) is 28.8 Å². The zero-order chi connectivity index (χ0) is 28.0. The Bertz CT molecular complexity index is 1350. The van der Waals surface area contributed by atoms with Gasteiger partial charge in [-0.2, -0.15) is 10.1 Å². The number of nitrogen functional groups attached to an aromatic ring is 1. The zero-order valence-corrected chi connectivity index (χ0v) is 22.2. The summed E-state index contributed by atoms with van der Waals surface area (Å²) in [4.78, 5) is 28.6. The molecule has 2 aromatic rings. The summed E-state index contributed by atoms with van der Waals surface area (Å²) < 4.78 is 50.6. The molecule has 0 amide bonds. The first kappa shape index (κ1) is 28.4. The Kier molecular flexibility index (Phi) is 7.62. The largest absolute Gasteiger partial charge is 0.461 e. The first-order valence-electron chi connectivity index (χ1n) is 11.4. The quantitative estimate of drug-likeness (QED) is 0.210. The molecule has 1 aromatic carbocycles. The summed E-state index contributed by atoms with van der Waals surface area (Å²) in [6.45, 7) is 4.01. The molecule has 4 rings (SSSR count). The van der Waals surface area contributed by atoms with Gasteiger partial charge in [-0.25, -0.2) is 18.5 Å². The lowest BCUT2D eigenvalue weighted by atomic mass is 9.92. The number of benzene rings is 1. The number of fused-ring (bicyclic) bond motifs is 1. The number of ether oxygens (including phenoxy) is 2. The zero-order valence-electron chi connectivity index (χ0n) is 20.5. The average Bonchev–Trinajstić information content (AvgIpc) is 3.10. The third kappa shape index (κ3) is 4.93. The smallest absolute Gasteiger partial charge is 0.460 e. The van der Waals surface area contributed by atoms with Crippen LogP contribution in [0.1, 0.15) is 32.6 Å². The summed E-state index contributed by atoms with van der Waals surface area (Å²) in [7, 11) is -4.37. The SMILES string of the molecule is CC(C)OC(=O)C1(C)NP(=O)(OC[C@@]2(CCl)O[C@@H](n3cc(F)c(N)nc3=O)[C@@H](O)[C@@H]2O)Oc2ccccc21. The number of para-hydroxylation sites is 1. The molecular weight excluding hydrogens is 550 g/mol. The topological polar surface area (TPSA) is 184 Å². The number of alkyl halides is 1. The average molecular weight is 577 g/mol. The molecule has 0 aliphatic carbocycles. The van der Waals surface area contributed by atoms with E-state index in [2.05, 4.69) is 10.1 Å². The summed E-state index contributed by atoms with van der Waals surface area (Å²) in [5.74, 6) is -2.92. The molecule has 1 fully saturated rings. The molecule has 0 spiro atoms. The Balaban J connectivity index is 1.62. The minimum absolute atomic E-state index is 0.0819. The second kappa shape index (κ2) is 10.2. The molecule has 2 aliphatic heterocycles. The number of rotatable bonds is 7. The Morgan fingerprint density at radius 2 is 2.08 bits per heavy atom. The molecule has 0 saturated carbocycles. The molecule has 208 valence electrons. The molecular formula is C22H27ClFN4O9P. The third-order valence-corrected chi connectivity index (χ3v) is 8.26. The number of halogens is 2. The van der Waals surface area contributed by atoms with Crippen LogP contribution in [0, 0.1) is 5.82 Å². The molecule has 13 nitrogen and oxygen atoms in total. The summed E-state index contributed by atoms with van der Waals surface area (Å²) in [6, 6.07) is 6.34. The number of aliphatic hydroxyl groups excluding tert-OH is 2. The van der Waals surface area contributed by atoms with Gasteiger partial charge >= 0.3 is 19.4 Å². The fourth-order valence-electron chi connectivity index (χ4n) is 4.16. The van der Waals surface area contributed by atoms with E-state index in [0.717, 1.165) is 0 Å². The van der Waals surface area contributed by atoms with E-state index in [0.29, 0.717) is 16.3 Å². The van der Waals surface area contributed by atoms with E-state index in [1.54, 1.807) is 32.0 Å². The predicted molar refractivity (Wildman–Crippen MR) is 131 cm³/mol. The van der Waals surface area contributed by atoms with Gasteiger partial charge in [-0.1, -0.05) is 18.2 Å². The fourth-order valence-corrected chi connectivity index (χ4v) is 6.19. The van der Waals surface area contributed by atoms with Crippen LogP contribution in [0.15, 0.2) is 35.3 Å². The number of nitrogens with one attached hydrogen (secondary N) is 1. The number of esters is 1. The lowest BCUT2D eigenvalue weighted by Gasteiger charge is -2.39. The van der Waals surface area contributed by atoms with Crippen molar-refractivity contribution < 1.29 is 42.5 Å². The van der Waals surface area contributed by atoms with Gasteiger partial charge in [0, 0.05) is 5.56 Å². The van der Waals surface area contributed by atoms with Crippen molar-refractivity contribution in [2.24, 2.45) is 0 Å². The molecule has 16 heteroatoms. The Morgan fingerprint density at radius 1 is 1.39 bits per heavy atom. The van der Waals surface area contributed by atoms with Crippen LogP contribution in [0.2, 0.25) is 0 Å². The van der Waals surface area contributed by atoms with Gasteiger partial charge in [-0.05, 0) is 26.8 Å². The minimum Gasteiger partial charge on any atom is -0.461 e. The molecule has 38 heavy (non-hydrogen) atoms. The van der Waals surface area contributed by atoms with E-state index >= 15 is 0 Å². The first-order chi connectivity index (χ1) is 17.7. The highest BCUT2D eigenvalue weighted by Crippen LogP contribution is 2.55. The number of hydrogen-bond donors (Lipinski definition) is 4. The normalized spacial score (nSPS) is 32.6. The van der Waals surface area contributed by atoms with Crippen molar-refractivity contribution in [1.82, 2.24) is 14.6 Å². The van der Waals surface area contributed by atoms with Crippen LogP contribution in [0.4, 0.5) is 10.2 Å². The van der Waals surface area contributed by atoms with Crippen LogP contribution >= 0.6 is 19.3 Å². The number of nitrogens with two attached hydrogens (primary N) is 1. The standard InChI is InChI=1S/C22H27ClFN4O9P/c1-11(2)35-19(31)21(3)12-6-4-5-7-14(12)37-38(33,27-21)34-10-22(9-23)16(30)15(29)18(36-22)28-8-13(24)17(25)26-20(28)32/h4-8,11,15-16,18,29-30H,9-10H2,1-3H3,(H,27,33)(H2,25,26,32)/t15-,16-,18+,21?,22+,38?/m0/s1. The second-order valence-electron chi connectivity index (χ2n) is 9.36. The van der Waals surface area contributed by atoms with Crippen molar-refractivity contribution >= 4 is 31.1 Å². The maximum Gasteiger partial charge on any atom is 0.460 e. The third-order valence-electron chi connectivity index (χ3n) is 6.18. The molecule has 0 radical (unpaired) electrons. The summed E-state index contributed by atoms with van der Waals surface area (Å²) in [6.07, 6.45) is -5.05. The number of nitrogens with zero attached hydrogens (tertiary/aromatic N) is 2. The molecule has 5 N–H and O–H groups in total. The Labute approximate surface area is 221 Å². The minimum atomic E-state index is -4.37. The van der Waals surface area contributed by atoms with Crippen LogP contribution in [0.25, 0.3) is 0 Å². The van der Waals surface area contributed by atoms with Gasteiger partial charge in [-0.3, -0.25) is 9.09 Å². The highest BCUT2D eigenvalue weighted by atomic mass is 35.5. The van der Waals surface area contributed by atoms with Gasteiger partial charge in [0.15, 0.2) is 23.4 Å². The van der Waals surface area contributed by atoms with Crippen molar-refractivity contribution in [3.63, 3.8) is 0 Å². The number of carbonyl (C=O) groups is 1. The van der Waals surface area contributed by atoms with E-state index in [-0.39, 0.29) is 5.75 Å². The van der Waals surface area contributed by atoms with Crippen molar-refractivity contribution in [2.75, 3.05) is 18.2 Å². The van der Waals surface area contributed by atoms with E-state index in [4.69, 9.17) is 35.9 Å². The number of hydrogen-bond acceptors (Lipinski definition) is 11. The second-order valence-corrected chi connectivity index (χ2v) is 11.3. The number of aliphatic hydroxyl groups is 2. The number of aromatic nitrogens is 2. The maximum atomic E-state index is 14.0. The highest BCUT2D eigenvalue weighted by Gasteiger charge is 2.57. The summed E-state index contributed by atoms with van der Waals surface area (Å²) >= 11 is 6.08. The number of carbonyl (C=O) groups excluding carboxylic acids is 1. The molecule has 2 unspecified atom stereocenters. The Hall–Kier alpha value is -2.58. The van der Waals surface area contributed by atoms with Crippen LogP contribution in [0.3, 0.4) is 0 Å². The molecule has 1 saturated heterocycles. The van der Waals surface area contributed by atoms with Crippen molar-refractivity contribution in [3.05, 3.63) is 52.3 Å². The molecule has 2 aliphatic rings. The van der Waals surface area contributed by atoms with Gasteiger partial charge in [-0.15, -0.1) is 11.6 Å². The van der Waals surface area contributed by atoms with Gasteiger partial charge < -0.3 is 29.9 Å². The maximum absolute atomic E-state index is 14.0. The van der Waals surface area contributed by atoms with Crippen LogP contribution < -0.4 is 21.0 Å².